The van der Waals surface area contributed by atoms with Crippen molar-refractivity contribution in [3.8, 4) is 5.75 Å². The molecular formula is C22H26N2O4. The van der Waals surface area contributed by atoms with Crippen molar-refractivity contribution in [2.75, 3.05) is 26.2 Å². The van der Waals surface area contributed by atoms with Crippen LogP contribution in [0.25, 0.3) is 0 Å². The highest BCUT2D eigenvalue weighted by Crippen LogP contribution is 2.43. The van der Waals surface area contributed by atoms with E-state index in [0.717, 1.165) is 16.8 Å². The Morgan fingerprint density at radius 1 is 1.11 bits per heavy atom. The molecule has 1 fully saturated rings. The number of piperidine rings is 1. The Labute approximate surface area is 165 Å². The maximum Gasteiger partial charge on any atom is 0.251 e. The lowest BCUT2D eigenvalue weighted by Crippen LogP contribution is -2.48. The van der Waals surface area contributed by atoms with Gasteiger partial charge in [0.2, 0.25) is 5.91 Å². The molecule has 6 nitrogen and oxygen atoms in total. The molecule has 1 aliphatic heterocycles. The number of rotatable bonds is 5. The van der Waals surface area contributed by atoms with Crippen molar-refractivity contribution >= 4 is 17.5 Å². The summed E-state index contributed by atoms with van der Waals surface area (Å²) < 4.78 is 5.56. The van der Waals surface area contributed by atoms with Gasteiger partial charge in [-0.05, 0) is 31.5 Å². The average Bonchev–Trinajstić information content (AvgIpc) is 2.73. The third-order valence-electron chi connectivity index (χ3n) is 5.27. The van der Waals surface area contributed by atoms with E-state index in [1.165, 1.54) is 12.2 Å². The van der Waals surface area contributed by atoms with Crippen LogP contribution in [0.4, 0.5) is 5.69 Å². The van der Waals surface area contributed by atoms with Crippen LogP contribution in [0.3, 0.4) is 0 Å². The van der Waals surface area contributed by atoms with Gasteiger partial charge >= 0.3 is 0 Å². The lowest BCUT2D eigenvalue weighted by atomic mass is 9.82. The molecule has 148 valence electrons. The van der Waals surface area contributed by atoms with Crippen LogP contribution in [-0.2, 0) is 14.4 Å². The van der Waals surface area contributed by atoms with Gasteiger partial charge < -0.3 is 9.64 Å². The first kappa shape index (κ1) is 19.9. The predicted octanol–water partition coefficient (Wildman–Crippen LogP) is 3.51. The Hall–Kier alpha value is -2.86. The van der Waals surface area contributed by atoms with Gasteiger partial charge in [-0.15, -0.1) is 0 Å². The van der Waals surface area contributed by atoms with E-state index in [4.69, 9.17) is 9.57 Å². The summed E-state index contributed by atoms with van der Waals surface area (Å²) in [5, 5.41) is 1.23. The zero-order valence-electron chi connectivity index (χ0n) is 16.7. The van der Waals surface area contributed by atoms with Gasteiger partial charge in [-0.3, -0.25) is 14.4 Å². The van der Waals surface area contributed by atoms with E-state index in [9.17, 15) is 9.59 Å². The molecule has 1 aliphatic rings. The number of amides is 2. The van der Waals surface area contributed by atoms with Crippen molar-refractivity contribution in [2.24, 2.45) is 5.92 Å². The van der Waals surface area contributed by atoms with Crippen molar-refractivity contribution in [1.82, 2.24) is 5.06 Å². The number of hydrogen-bond donors (Lipinski definition) is 0. The number of para-hydroxylation sites is 1. The number of carbonyl (C=O) groups excluding carboxylic acids is 2. The summed E-state index contributed by atoms with van der Waals surface area (Å²) in [5.41, 5.74) is 2.68. The van der Waals surface area contributed by atoms with E-state index >= 15 is 0 Å². The van der Waals surface area contributed by atoms with Gasteiger partial charge in [-0.25, -0.2) is 5.06 Å². The summed E-state index contributed by atoms with van der Waals surface area (Å²) in [7, 11) is 4.65. The molecule has 2 atom stereocenters. The molecular weight excluding hydrogens is 356 g/mol. The Morgan fingerprint density at radius 3 is 2.43 bits per heavy atom. The van der Waals surface area contributed by atoms with E-state index < -0.39 is 12.0 Å². The van der Waals surface area contributed by atoms with Gasteiger partial charge in [-0.2, -0.15) is 0 Å². The van der Waals surface area contributed by atoms with Crippen LogP contribution in [0, 0.1) is 12.8 Å². The summed E-state index contributed by atoms with van der Waals surface area (Å²) in [6.45, 7) is 2.00. The lowest BCUT2D eigenvalue weighted by molar-refractivity contribution is -0.175. The first-order valence-corrected chi connectivity index (χ1v) is 9.31. The second kappa shape index (κ2) is 8.44. The van der Waals surface area contributed by atoms with Crippen LogP contribution in [0.15, 0.2) is 48.5 Å². The maximum atomic E-state index is 13.1. The summed E-state index contributed by atoms with van der Waals surface area (Å²) >= 11 is 0. The number of anilines is 1. The fourth-order valence-electron chi connectivity index (χ4n) is 3.75. The van der Waals surface area contributed by atoms with Crippen LogP contribution >= 0.6 is 0 Å². The van der Waals surface area contributed by atoms with Crippen LogP contribution < -0.4 is 9.64 Å². The van der Waals surface area contributed by atoms with Gasteiger partial charge in [0.1, 0.15) is 5.75 Å². The van der Waals surface area contributed by atoms with Gasteiger partial charge in [0.05, 0.1) is 26.2 Å². The second-order valence-corrected chi connectivity index (χ2v) is 6.95. The second-order valence-electron chi connectivity index (χ2n) is 6.95. The van der Waals surface area contributed by atoms with Crippen molar-refractivity contribution in [1.29, 1.82) is 0 Å². The van der Waals surface area contributed by atoms with E-state index in [1.54, 1.807) is 19.1 Å². The fourth-order valence-corrected chi connectivity index (χ4v) is 3.75. The number of hydroxylamine groups is 2. The number of nitrogens with zero attached hydrogens (tertiary/aromatic N) is 2. The third kappa shape index (κ3) is 3.73. The molecule has 2 amide bonds. The maximum absolute atomic E-state index is 13.1. The number of benzene rings is 2. The quantitative estimate of drug-likeness (QED) is 0.743. The minimum absolute atomic E-state index is 0.0103. The fraction of sp³-hybridized carbons (Fsp3) is 0.364. The Morgan fingerprint density at radius 2 is 1.79 bits per heavy atom. The minimum Gasteiger partial charge on any atom is -0.496 e. The highest BCUT2D eigenvalue weighted by atomic mass is 16.7. The van der Waals surface area contributed by atoms with E-state index in [-0.39, 0.29) is 11.8 Å². The summed E-state index contributed by atoms with van der Waals surface area (Å²) in [4.78, 5) is 32.9. The van der Waals surface area contributed by atoms with Gasteiger partial charge in [0.15, 0.2) is 0 Å². The SMILES string of the molecule is COc1ccccc1[C@H]1[C@H](C(=O)N(C)OC)CCC(=O)N1c1ccc(C)cc1. The molecule has 0 radical (unpaired) electrons. The monoisotopic (exact) mass is 382 g/mol. The summed E-state index contributed by atoms with van der Waals surface area (Å²) in [6.07, 6.45) is 0.754. The number of carbonyl (C=O) groups is 2. The summed E-state index contributed by atoms with van der Waals surface area (Å²) in [6, 6.07) is 14.8. The van der Waals surface area contributed by atoms with Crippen LogP contribution in [0.1, 0.15) is 30.0 Å². The van der Waals surface area contributed by atoms with Crippen molar-refractivity contribution < 1.29 is 19.2 Å². The molecule has 0 unspecified atom stereocenters. The standard InChI is InChI=1S/C22H26N2O4/c1-15-9-11-16(12-10-15)24-20(25)14-13-18(22(26)23(2)28-4)21(24)17-7-5-6-8-19(17)27-3/h5-12,18,21H,13-14H2,1-4H3/t18-,21+/m1/s1. The van der Waals surface area contributed by atoms with E-state index in [2.05, 4.69) is 0 Å². The van der Waals surface area contributed by atoms with Crippen molar-refractivity contribution in [2.45, 2.75) is 25.8 Å². The number of methoxy groups -OCH3 is 1. The molecule has 1 heterocycles. The van der Waals surface area contributed by atoms with Crippen molar-refractivity contribution in [3.05, 3.63) is 59.7 Å². The zero-order valence-corrected chi connectivity index (χ0v) is 16.7. The molecule has 2 aromatic rings. The molecule has 1 saturated heterocycles. The van der Waals surface area contributed by atoms with E-state index in [0.29, 0.717) is 18.6 Å². The number of hydrogen-bond acceptors (Lipinski definition) is 4. The topological polar surface area (TPSA) is 59.1 Å². The predicted molar refractivity (Wildman–Crippen MR) is 107 cm³/mol. The molecule has 0 saturated carbocycles. The van der Waals surface area contributed by atoms with Crippen LogP contribution in [-0.4, -0.2) is 38.1 Å². The smallest absolute Gasteiger partial charge is 0.251 e. The average molecular weight is 382 g/mol. The summed E-state index contributed by atoms with van der Waals surface area (Å²) in [5.74, 6) is 0.0318. The molecule has 0 aromatic heterocycles. The number of ether oxygens (including phenoxy) is 1. The molecule has 0 spiro atoms. The molecule has 0 bridgehead atoms. The lowest BCUT2D eigenvalue weighted by Gasteiger charge is -2.42. The largest absolute Gasteiger partial charge is 0.496 e. The molecule has 28 heavy (non-hydrogen) atoms. The zero-order chi connectivity index (χ0) is 20.3. The van der Waals surface area contributed by atoms with Crippen molar-refractivity contribution in [3.63, 3.8) is 0 Å². The van der Waals surface area contributed by atoms with Crippen LogP contribution in [0.2, 0.25) is 0 Å². The Kier molecular flexibility index (Phi) is 5.99. The van der Waals surface area contributed by atoms with Gasteiger partial charge in [0, 0.05) is 24.7 Å². The van der Waals surface area contributed by atoms with Crippen LogP contribution in [0.5, 0.6) is 5.75 Å². The normalized spacial score (nSPS) is 19.4. The highest BCUT2D eigenvalue weighted by molar-refractivity contribution is 5.97. The molecule has 0 N–H and O–H groups in total. The molecule has 6 heteroatoms. The molecule has 0 aliphatic carbocycles. The highest BCUT2D eigenvalue weighted by Gasteiger charge is 2.43. The third-order valence-corrected chi connectivity index (χ3v) is 5.27. The Balaban J connectivity index is 2.15. The van der Waals surface area contributed by atoms with Gasteiger partial charge in [0.25, 0.3) is 5.91 Å². The van der Waals surface area contributed by atoms with E-state index in [1.807, 2.05) is 55.5 Å². The minimum atomic E-state index is -0.481. The first-order valence-electron chi connectivity index (χ1n) is 9.31. The number of aryl methyl sites for hydroxylation is 1. The Bertz CT molecular complexity index is 850. The molecule has 2 aromatic carbocycles. The molecule has 3 rings (SSSR count). The van der Waals surface area contributed by atoms with Gasteiger partial charge in [-0.1, -0.05) is 35.9 Å². The first-order chi connectivity index (χ1) is 13.5.